The molecule has 0 saturated carbocycles. The first-order valence-corrected chi connectivity index (χ1v) is 11.0. The summed E-state index contributed by atoms with van der Waals surface area (Å²) in [6, 6.07) is 6.70. The Morgan fingerprint density at radius 3 is 2.93 bits per heavy atom. The second-order valence-electron chi connectivity index (χ2n) is 8.80. The van der Waals surface area contributed by atoms with Crippen molar-refractivity contribution < 1.29 is 13.5 Å². The molecule has 0 aliphatic carbocycles. The quantitative estimate of drug-likeness (QED) is 0.649. The highest BCUT2D eigenvalue weighted by Gasteiger charge is 2.52. The van der Waals surface area contributed by atoms with Crippen LogP contribution in [0.1, 0.15) is 49.9 Å². The largest absolute Gasteiger partial charge is 0.373 e. The van der Waals surface area contributed by atoms with E-state index in [1.54, 1.807) is 22.8 Å². The predicted octanol–water partition coefficient (Wildman–Crippen LogP) is 3.03. The first-order chi connectivity index (χ1) is 14.5. The lowest BCUT2D eigenvalue weighted by molar-refractivity contribution is -0.117. The van der Waals surface area contributed by atoms with Gasteiger partial charge in [0.1, 0.15) is 11.6 Å². The van der Waals surface area contributed by atoms with E-state index < -0.39 is 5.79 Å². The van der Waals surface area contributed by atoms with E-state index in [-0.39, 0.29) is 30.3 Å². The Kier molecular flexibility index (Phi) is 5.23. The molecular formula is C22H28F2N4O2. The second kappa shape index (κ2) is 7.89. The van der Waals surface area contributed by atoms with Crippen LogP contribution in [0.2, 0.25) is 0 Å². The van der Waals surface area contributed by atoms with E-state index in [0.29, 0.717) is 37.9 Å². The zero-order valence-corrected chi connectivity index (χ0v) is 17.1. The molecule has 6 nitrogen and oxygen atoms in total. The van der Waals surface area contributed by atoms with Crippen molar-refractivity contribution in [2.24, 2.45) is 0 Å². The number of fused-ring (bicyclic) bond motifs is 3. The molecule has 1 aromatic carbocycles. The van der Waals surface area contributed by atoms with Crippen molar-refractivity contribution in [3.05, 3.63) is 52.0 Å². The number of hydrogen-bond acceptors (Lipinski definition) is 4. The van der Waals surface area contributed by atoms with Gasteiger partial charge in [0, 0.05) is 44.1 Å². The number of rotatable bonds is 7. The lowest BCUT2D eigenvalue weighted by atomic mass is 9.97. The molecule has 8 heteroatoms. The maximum atomic E-state index is 15.7. The van der Waals surface area contributed by atoms with Crippen molar-refractivity contribution in [2.75, 3.05) is 6.54 Å². The molecule has 2 aromatic rings. The molecule has 0 spiro atoms. The van der Waals surface area contributed by atoms with Crippen LogP contribution in [0.15, 0.2) is 29.1 Å². The molecule has 2 bridgehead atoms. The van der Waals surface area contributed by atoms with E-state index in [1.165, 1.54) is 10.7 Å². The minimum absolute atomic E-state index is 0.0410. The highest BCUT2D eigenvalue weighted by Crippen LogP contribution is 2.46. The lowest BCUT2D eigenvalue weighted by Crippen LogP contribution is -2.52. The number of piperidine rings is 1. The molecule has 162 valence electrons. The first kappa shape index (κ1) is 19.9. The van der Waals surface area contributed by atoms with Gasteiger partial charge in [0.25, 0.3) is 0 Å². The Morgan fingerprint density at radius 2 is 2.13 bits per heavy atom. The number of aryl methyl sites for hydroxylation is 2. The zero-order valence-electron chi connectivity index (χ0n) is 17.1. The fraction of sp³-hybridized carbons (Fsp3) is 0.636. The summed E-state index contributed by atoms with van der Waals surface area (Å²) in [7, 11) is 0. The van der Waals surface area contributed by atoms with Gasteiger partial charge in [-0.05, 0) is 38.2 Å². The van der Waals surface area contributed by atoms with E-state index in [1.807, 2.05) is 4.90 Å². The van der Waals surface area contributed by atoms with Gasteiger partial charge >= 0.3 is 5.69 Å². The van der Waals surface area contributed by atoms with Gasteiger partial charge in [0.05, 0.1) is 12.7 Å². The van der Waals surface area contributed by atoms with Crippen LogP contribution in [0.3, 0.4) is 0 Å². The number of aromatic nitrogens is 3. The Balaban J connectivity index is 1.16. The molecule has 0 N–H and O–H groups in total. The highest BCUT2D eigenvalue weighted by atomic mass is 19.1. The maximum absolute atomic E-state index is 15.7. The topological polar surface area (TPSA) is 52.3 Å². The van der Waals surface area contributed by atoms with Crippen LogP contribution < -0.4 is 5.69 Å². The van der Waals surface area contributed by atoms with Crippen molar-refractivity contribution in [1.29, 1.82) is 0 Å². The Labute approximate surface area is 174 Å². The third kappa shape index (κ3) is 3.60. The van der Waals surface area contributed by atoms with Crippen LogP contribution in [0.5, 0.6) is 0 Å². The molecule has 4 heterocycles. The Morgan fingerprint density at radius 1 is 1.27 bits per heavy atom. The van der Waals surface area contributed by atoms with E-state index in [4.69, 9.17) is 4.74 Å². The summed E-state index contributed by atoms with van der Waals surface area (Å²) in [5.74, 6) is -0.785. The molecule has 3 aliphatic heterocycles. The standard InChI is InChI=1S/C22H28F2N4O2/c23-19-6-2-1-5-16(19)15-30-18-13-17-8-9-22(24,14-18)27(17)11-4-12-28-21(29)26-10-3-7-20(26)25-28/h1-2,5-6,17-18H,3-4,7-15H2. The van der Waals surface area contributed by atoms with Gasteiger partial charge < -0.3 is 4.74 Å². The van der Waals surface area contributed by atoms with Crippen LogP contribution in [-0.2, 0) is 30.9 Å². The third-order valence-electron chi connectivity index (χ3n) is 6.87. The molecule has 2 fully saturated rings. The van der Waals surface area contributed by atoms with Crippen molar-refractivity contribution in [2.45, 2.75) is 82.6 Å². The number of ether oxygens (including phenoxy) is 1. The summed E-state index contributed by atoms with van der Waals surface area (Å²) in [4.78, 5) is 14.3. The third-order valence-corrected chi connectivity index (χ3v) is 6.87. The average molecular weight is 418 g/mol. The fourth-order valence-electron chi connectivity index (χ4n) is 5.37. The SMILES string of the molecule is O=c1n(CCCN2C3CCC2(F)CC(OCc2ccccc2F)C3)nc2n1CCC2. The maximum Gasteiger partial charge on any atom is 0.345 e. The van der Waals surface area contributed by atoms with Gasteiger partial charge in [-0.15, -0.1) is 0 Å². The molecule has 30 heavy (non-hydrogen) atoms. The molecule has 3 aliphatic rings. The Bertz CT molecular complexity index is 974. The summed E-state index contributed by atoms with van der Waals surface area (Å²) in [6.45, 7) is 2.06. The van der Waals surface area contributed by atoms with Crippen LogP contribution >= 0.6 is 0 Å². The van der Waals surface area contributed by atoms with E-state index in [9.17, 15) is 9.18 Å². The number of alkyl halides is 1. The molecule has 5 rings (SSSR count). The molecule has 2 saturated heterocycles. The van der Waals surface area contributed by atoms with Gasteiger partial charge in [-0.1, -0.05) is 18.2 Å². The summed E-state index contributed by atoms with van der Waals surface area (Å²) in [6.07, 6.45) is 4.74. The number of benzene rings is 1. The van der Waals surface area contributed by atoms with E-state index >= 15 is 4.39 Å². The second-order valence-corrected chi connectivity index (χ2v) is 8.80. The van der Waals surface area contributed by atoms with Gasteiger partial charge in [-0.2, -0.15) is 5.10 Å². The summed E-state index contributed by atoms with van der Waals surface area (Å²) < 4.78 is 38.7. The monoisotopic (exact) mass is 418 g/mol. The van der Waals surface area contributed by atoms with Gasteiger partial charge in [0.15, 0.2) is 5.79 Å². The normalized spacial score (nSPS) is 28.2. The molecular weight excluding hydrogens is 390 g/mol. The van der Waals surface area contributed by atoms with Crippen molar-refractivity contribution in [3.8, 4) is 0 Å². The zero-order chi connectivity index (χ0) is 20.7. The average Bonchev–Trinajstić information content (AvgIpc) is 3.35. The predicted molar refractivity (Wildman–Crippen MR) is 107 cm³/mol. The van der Waals surface area contributed by atoms with E-state index in [2.05, 4.69) is 5.10 Å². The van der Waals surface area contributed by atoms with Crippen LogP contribution in [0.25, 0.3) is 0 Å². The highest BCUT2D eigenvalue weighted by molar-refractivity contribution is 5.16. The van der Waals surface area contributed by atoms with Crippen molar-refractivity contribution in [1.82, 2.24) is 19.2 Å². The number of hydrogen-bond donors (Lipinski definition) is 0. The summed E-state index contributed by atoms with van der Waals surface area (Å²) in [5.41, 5.74) is 0.471. The van der Waals surface area contributed by atoms with Crippen LogP contribution in [-0.4, -0.2) is 43.7 Å². The first-order valence-electron chi connectivity index (χ1n) is 11.0. The van der Waals surface area contributed by atoms with E-state index in [0.717, 1.165) is 38.1 Å². The minimum Gasteiger partial charge on any atom is -0.373 e. The summed E-state index contributed by atoms with van der Waals surface area (Å²) >= 11 is 0. The molecule has 0 amide bonds. The van der Waals surface area contributed by atoms with Crippen LogP contribution in [0, 0.1) is 5.82 Å². The van der Waals surface area contributed by atoms with Gasteiger partial charge in [0.2, 0.25) is 0 Å². The molecule has 0 radical (unpaired) electrons. The van der Waals surface area contributed by atoms with Crippen molar-refractivity contribution in [3.63, 3.8) is 0 Å². The summed E-state index contributed by atoms with van der Waals surface area (Å²) in [5, 5.41) is 4.42. The molecule has 3 atom stereocenters. The van der Waals surface area contributed by atoms with Crippen molar-refractivity contribution >= 4 is 0 Å². The van der Waals surface area contributed by atoms with Gasteiger partial charge in [-0.25, -0.2) is 18.3 Å². The lowest BCUT2D eigenvalue weighted by Gasteiger charge is -2.42. The Hall–Kier alpha value is -2.06. The number of nitrogens with zero attached hydrogens (tertiary/aromatic N) is 4. The fourth-order valence-corrected chi connectivity index (χ4v) is 5.37. The molecule has 3 unspecified atom stereocenters. The minimum atomic E-state index is -1.37. The van der Waals surface area contributed by atoms with Gasteiger partial charge in [-0.3, -0.25) is 9.47 Å². The molecule has 1 aromatic heterocycles. The van der Waals surface area contributed by atoms with Crippen LogP contribution in [0.4, 0.5) is 8.78 Å². The number of halogens is 2. The smallest absolute Gasteiger partial charge is 0.345 e.